The van der Waals surface area contributed by atoms with Gasteiger partial charge in [0.15, 0.2) is 0 Å². The Hall–Kier alpha value is -0.790. The van der Waals surface area contributed by atoms with Gasteiger partial charge in [-0.05, 0) is 18.6 Å². The zero-order chi connectivity index (χ0) is 15.4. The molecule has 0 aliphatic rings. The Balaban J connectivity index is 3.28. The van der Waals surface area contributed by atoms with Crippen molar-refractivity contribution in [1.82, 2.24) is 4.31 Å². The van der Waals surface area contributed by atoms with Gasteiger partial charge in [-0.2, -0.15) is 17.5 Å². The van der Waals surface area contributed by atoms with E-state index in [9.17, 15) is 21.6 Å². The molecule has 3 nitrogen and oxygen atoms in total. The van der Waals surface area contributed by atoms with Gasteiger partial charge >= 0.3 is 6.18 Å². The molecule has 1 aromatic carbocycles. The zero-order valence-corrected chi connectivity index (χ0v) is 12.4. The van der Waals surface area contributed by atoms with E-state index in [1.54, 1.807) is 6.92 Å². The summed E-state index contributed by atoms with van der Waals surface area (Å²) in [4.78, 5) is -0.719. The molecule has 0 amide bonds. The Labute approximate surface area is 121 Å². The van der Waals surface area contributed by atoms with Crippen LogP contribution in [0.15, 0.2) is 29.2 Å². The van der Waals surface area contributed by atoms with E-state index in [0.29, 0.717) is 6.42 Å². The van der Waals surface area contributed by atoms with E-state index in [2.05, 4.69) is 0 Å². The monoisotopic (exact) mass is 329 g/mol. The van der Waals surface area contributed by atoms with Crippen molar-refractivity contribution >= 4 is 21.6 Å². The van der Waals surface area contributed by atoms with E-state index < -0.39 is 26.7 Å². The largest absolute Gasteiger partial charge is 0.417 e. The Morgan fingerprint density at radius 3 is 2.35 bits per heavy atom. The Morgan fingerprint density at radius 2 is 1.85 bits per heavy atom. The van der Waals surface area contributed by atoms with Crippen LogP contribution in [0.4, 0.5) is 13.2 Å². The van der Waals surface area contributed by atoms with E-state index in [0.717, 1.165) is 22.5 Å². The molecule has 0 aliphatic carbocycles. The van der Waals surface area contributed by atoms with E-state index in [4.69, 9.17) is 11.6 Å². The van der Waals surface area contributed by atoms with Gasteiger partial charge in [0.2, 0.25) is 10.0 Å². The highest BCUT2D eigenvalue weighted by molar-refractivity contribution is 7.89. The Morgan fingerprint density at radius 1 is 1.25 bits per heavy atom. The minimum Gasteiger partial charge on any atom is -0.207 e. The number of hydrogen-bond acceptors (Lipinski definition) is 2. The molecule has 114 valence electrons. The second-order valence-corrected chi connectivity index (χ2v) is 6.32. The zero-order valence-electron chi connectivity index (χ0n) is 10.8. The van der Waals surface area contributed by atoms with Crippen LogP contribution in [-0.2, 0) is 16.2 Å². The normalized spacial score (nSPS) is 12.9. The van der Waals surface area contributed by atoms with Crippen LogP contribution in [0.5, 0.6) is 0 Å². The van der Waals surface area contributed by atoms with Gasteiger partial charge in [0, 0.05) is 19.0 Å². The van der Waals surface area contributed by atoms with Crippen LogP contribution in [0.3, 0.4) is 0 Å². The van der Waals surface area contributed by atoms with Gasteiger partial charge in [-0.3, -0.25) is 0 Å². The molecule has 0 aliphatic heterocycles. The van der Waals surface area contributed by atoms with Crippen molar-refractivity contribution in [2.75, 3.05) is 19.0 Å². The third-order valence-electron chi connectivity index (χ3n) is 2.70. The van der Waals surface area contributed by atoms with E-state index in [1.807, 2.05) is 0 Å². The highest BCUT2D eigenvalue weighted by Gasteiger charge is 2.38. The number of alkyl halides is 4. The third kappa shape index (κ3) is 3.86. The first kappa shape index (κ1) is 17.3. The summed E-state index contributed by atoms with van der Waals surface area (Å²) in [7, 11) is -4.18. The molecule has 0 heterocycles. The summed E-state index contributed by atoms with van der Waals surface area (Å²) in [5.41, 5.74) is -1.15. The molecule has 20 heavy (non-hydrogen) atoms. The maximum absolute atomic E-state index is 12.9. The first-order chi connectivity index (χ1) is 9.25. The van der Waals surface area contributed by atoms with Crippen molar-refractivity contribution in [2.24, 2.45) is 0 Å². The summed E-state index contributed by atoms with van der Waals surface area (Å²) < 4.78 is 64.3. The summed E-state index contributed by atoms with van der Waals surface area (Å²) in [5.74, 6) is 0.243. The standard InChI is InChI=1S/C12H15ClF3NO2S/c1-2-17(9-5-8-13)20(18,19)11-7-4-3-6-10(11)12(14,15)16/h3-4,6-7H,2,5,8-9H2,1H3. The molecule has 0 spiro atoms. The van der Waals surface area contributed by atoms with Crippen molar-refractivity contribution in [3.8, 4) is 0 Å². The molecule has 0 saturated carbocycles. The van der Waals surface area contributed by atoms with Gasteiger partial charge in [-0.25, -0.2) is 8.42 Å². The number of sulfonamides is 1. The van der Waals surface area contributed by atoms with Crippen LogP contribution < -0.4 is 0 Å². The van der Waals surface area contributed by atoms with Crippen molar-refractivity contribution in [3.05, 3.63) is 29.8 Å². The molecule has 0 fully saturated rings. The highest BCUT2D eigenvalue weighted by Crippen LogP contribution is 2.35. The Kier molecular flexibility index (Phi) is 5.85. The Bertz CT molecular complexity index is 546. The predicted octanol–water partition coefficient (Wildman–Crippen LogP) is 3.34. The summed E-state index contributed by atoms with van der Waals surface area (Å²) >= 11 is 5.50. The summed E-state index contributed by atoms with van der Waals surface area (Å²) in [5, 5.41) is 0. The quantitative estimate of drug-likeness (QED) is 0.751. The van der Waals surface area contributed by atoms with Gasteiger partial charge in [0.05, 0.1) is 10.5 Å². The minimum atomic E-state index is -4.71. The van der Waals surface area contributed by atoms with Crippen molar-refractivity contribution < 1.29 is 21.6 Å². The van der Waals surface area contributed by atoms with Crippen LogP contribution in [0.25, 0.3) is 0 Å². The molecule has 1 rings (SSSR count). The van der Waals surface area contributed by atoms with E-state index in [-0.39, 0.29) is 19.0 Å². The van der Waals surface area contributed by atoms with Gasteiger partial charge in [0.1, 0.15) is 0 Å². The van der Waals surface area contributed by atoms with Gasteiger partial charge in [0.25, 0.3) is 0 Å². The third-order valence-corrected chi connectivity index (χ3v) is 5.00. The number of nitrogens with zero attached hydrogens (tertiary/aromatic N) is 1. The second-order valence-electron chi connectivity index (χ2n) is 4.03. The van der Waals surface area contributed by atoms with Crippen molar-refractivity contribution in [3.63, 3.8) is 0 Å². The first-order valence-electron chi connectivity index (χ1n) is 5.97. The fourth-order valence-corrected chi connectivity index (χ4v) is 3.57. The topological polar surface area (TPSA) is 37.4 Å². The van der Waals surface area contributed by atoms with E-state index >= 15 is 0 Å². The van der Waals surface area contributed by atoms with Crippen LogP contribution in [-0.4, -0.2) is 31.7 Å². The number of rotatable bonds is 6. The molecular weight excluding hydrogens is 315 g/mol. The molecule has 0 saturated heterocycles. The van der Waals surface area contributed by atoms with Crippen LogP contribution >= 0.6 is 11.6 Å². The molecule has 8 heteroatoms. The predicted molar refractivity (Wildman–Crippen MR) is 71.2 cm³/mol. The lowest BCUT2D eigenvalue weighted by molar-refractivity contribution is -0.139. The van der Waals surface area contributed by atoms with Crippen LogP contribution in [0.2, 0.25) is 0 Å². The van der Waals surface area contributed by atoms with Crippen LogP contribution in [0, 0.1) is 0 Å². The maximum atomic E-state index is 12.9. The van der Waals surface area contributed by atoms with E-state index in [1.165, 1.54) is 6.07 Å². The lowest BCUT2D eigenvalue weighted by Crippen LogP contribution is -2.33. The molecule has 0 atom stereocenters. The average Bonchev–Trinajstić information content (AvgIpc) is 2.38. The average molecular weight is 330 g/mol. The fourth-order valence-electron chi connectivity index (χ4n) is 1.75. The highest BCUT2D eigenvalue weighted by atomic mass is 35.5. The molecule has 0 radical (unpaired) electrons. The SMILES string of the molecule is CCN(CCCCl)S(=O)(=O)c1ccccc1C(F)(F)F. The first-order valence-corrected chi connectivity index (χ1v) is 7.95. The summed E-state index contributed by atoms with van der Waals surface area (Å²) in [6, 6.07) is 4.18. The number of benzene rings is 1. The molecule has 0 bridgehead atoms. The van der Waals surface area contributed by atoms with Crippen LogP contribution in [0.1, 0.15) is 18.9 Å². The van der Waals surface area contributed by atoms with Gasteiger partial charge in [-0.15, -0.1) is 11.6 Å². The minimum absolute atomic E-state index is 0.0887. The lowest BCUT2D eigenvalue weighted by Gasteiger charge is -2.22. The second kappa shape index (κ2) is 6.78. The fraction of sp³-hybridized carbons (Fsp3) is 0.500. The number of hydrogen-bond donors (Lipinski definition) is 0. The van der Waals surface area contributed by atoms with Crippen molar-refractivity contribution in [2.45, 2.75) is 24.4 Å². The number of halogens is 4. The smallest absolute Gasteiger partial charge is 0.207 e. The maximum Gasteiger partial charge on any atom is 0.417 e. The molecule has 0 N–H and O–H groups in total. The molecule has 0 unspecified atom stereocenters. The molecule has 1 aromatic rings. The lowest BCUT2D eigenvalue weighted by atomic mass is 10.2. The van der Waals surface area contributed by atoms with Gasteiger partial charge < -0.3 is 0 Å². The van der Waals surface area contributed by atoms with Gasteiger partial charge in [-0.1, -0.05) is 19.1 Å². The summed E-state index contributed by atoms with van der Waals surface area (Å²) in [6.07, 6.45) is -4.33. The molecular formula is C12H15ClF3NO2S. The summed E-state index contributed by atoms with van der Waals surface area (Å²) in [6.45, 7) is 1.75. The van der Waals surface area contributed by atoms with Crippen molar-refractivity contribution in [1.29, 1.82) is 0 Å². The molecule has 0 aromatic heterocycles.